The number of ether oxygens (including phenoxy) is 1. The van der Waals surface area contributed by atoms with Crippen molar-refractivity contribution in [3.05, 3.63) is 65.7 Å². The number of thioether (sulfide) groups is 1. The van der Waals surface area contributed by atoms with Crippen LogP contribution in [0.1, 0.15) is 11.1 Å². The third-order valence-corrected chi connectivity index (χ3v) is 7.55. The van der Waals surface area contributed by atoms with E-state index in [0.717, 1.165) is 11.1 Å². The first-order valence-electron chi connectivity index (χ1n) is 7.88. The minimum absolute atomic E-state index is 0.260. The molecule has 0 amide bonds. The summed E-state index contributed by atoms with van der Waals surface area (Å²) < 4.78 is 33.4. The summed E-state index contributed by atoms with van der Waals surface area (Å²) in [5.74, 6) is 0.610. The minimum Gasteiger partial charge on any atom is -0.375 e. The lowest BCUT2D eigenvalue weighted by molar-refractivity contribution is 0.0973. The van der Waals surface area contributed by atoms with Crippen LogP contribution in [0.5, 0.6) is 0 Å². The average molecular weight is 394 g/mol. The van der Waals surface area contributed by atoms with Crippen molar-refractivity contribution in [3.8, 4) is 0 Å². The Morgan fingerprint density at radius 2 is 1.84 bits per heavy atom. The SMILES string of the molecule is Cc1ccc(S(=O)(=O)N2C(=S)SCC2COCc2ccccc2)cc1. The molecule has 0 radical (unpaired) electrons. The number of rotatable bonds is 6. The van der Waals surface area contributed by atoms with Crippen LogP contribution in [0.25, 0.3) is 0 Å². The van der Waals surface area contributed by atoms with E-state index < -0.39 is 10.0 Å². The van der Waals surface area contributed by atoms with Gasteiger partial charge in [-0.1, -0.05) is 72.0 Å². The molecule has 25 heavy (non-hydrogen) atoms. The van der Waals surface area contributed by atoms with Crippen LogP contribution in [0.15, 0.2) is 59.5 Å². The molecule has 1 aliphatic heterocycles. The standard InChI is InChI=1S/C18H19NO3S3/c1-14-7-9-17(10-8-14)25(20,21)19-16(13-24-18(19)23)12-22-11-15-5-3-2-4-6-15/h2-10,16H,11-13H2,1H3. The smallest absolute Gasteiger partial charge is 0.265 e. The summed E-state index contributed by atoms with van der Waals surface area (Å²) >= 11 is 6.67. The number of aryl methyl sites for hydroxylation is 1. The van der Waals surface area contributed by atoms with Crippen LogP contribution in [0.3, 0.4) is 0 Å². The maximum atomic E-state index is 13.0. The number of hydrogen-bond acceptors (Lipinski definition) is 5. The predicted octanol–water partition coefficient (Wildman–Crippen LogP) is 3.60. The van der Waals surface area contributed by atoms with Crippen LogP contribution in [0.4, 0.5) is 0 Å². The highest BCUT2D eigenvalue weighted by atomic mass is 32.2. The minimum atomic E-state index is -3.66. The second kappa shape index (κ2) is 7.86. The van der Waals surface area contributed by atoms with Crippen molar-refractivity contribution in [2.45, 2.75) is 24.5 Å². The summed E-state index contributed by atoms with van der Waals surface area (Å²) in [4.78, 5) is 0.260. The summed E-state index contributed by atoms with van der Waals surface area (Å²) in [6, 6.07) is 16.4. The Bertz CT molecular complexity index is 836. The molecular formula is C18H19NO3S3. The molecule has 1 unspecified atom stereocenters. The van der Waals surface area contributed by atoms with Crippen molar-refractivity contribution in [2.24, 2.45) is 0 Å². The van der Waals surface area contributed by atoms with Gasteiger partial charge in [-0.3, -0.25) is 0 Å². The fourth-order valence-corrected chi connectivity index (χ4v) is 6.05. The molecule has 0 aliphatic carbocycles. The quantitative estimate of drug-likeness (QED) is 0.702. The van der Waals surface area contributed by atoms with E-state index in [2.05, 4.69) is 0 Å². The second-order valence-corrected chi connectivity index (χ2v) is 9.31. The van der Waals surface area contributed by atoms with Gasteiger partial charge in [-0.25, -0.2) is 12.7 Å². The van der Waals surface area contributed by atoms with E-state index in [0.29, 0.717) is 23.3 Å². The third kappa shape index (κ3) is 4.23. The number of sulfonamides is 1. The number of hydrogen-bond donors (Lipinski definition) is 0. The van der Waals surface area contributed by atoms with Gasteiger partial charge in [0.2, 0.25) is 0 Å². The Morgan fingerprint density at radius 3 is 2.52 bits per heavy atom. The molecule has 0 aromatic heterocycles. The molecule has 0 N–H and O–H groups in total. The summed E-state index contributed by atoms with van der Waals surface area (Å²) in [6.07, 6.45) is 0. The van der Waals surface area contributed by atoms with Crippen molar-refractivity contribution >= 4 is 38.3 Å². The van der Waals surface area contributed by atoms with Crippen molar-refractivity contribution in [1.82, 2.24) is 4.31 Å². The van der Waals surface area contributed by atoms with Crippen LogP contribution in [0.2, 0.25) is 0 Å². The van der Waals surface area contributed by atoms with Gasteiger partial charge in [0.05, 0.1) is 24.2 Å². The Morgan fingerprint density at radius 1 is 1.16 bits per heavy atom. The number of nitrogens with zero attached hydrogens (tertiary/aromatic N) is 1. The van der Waals surface area contributed by atoms with Crippen LogP contribution in [-0.2, 0) is 21.4 Å². The van der Waals surface area contributed by atoms with Gasteiger partial charge in [0.15, 0.2) is 4.32 Å². The van der Waals surface area contributed by atoms with Gasteiger partial charge in [0, 0.05) is 5.75 Å². The van der Waals surface area contributed by atoms with E-state index in [-0.39, 0.29) is 10.9 Å². The molecular weight excluding hydrogens is 374 g/mol. The van der Waals surface area contributed by atoms with Gasteiger partial charge in [0.1, 0.15) is 0 Å². The molecule has 2 aromatic carbocycles. The van der Waals surface area contributed by atoms with E-state index in [1.54, 1.807) is 24.3 Å². The molecule has 0 bridgehead atoms. The molecule has 1 fully saturated rings. The van der Waals surface area contributed by atoms with Gasteiger partial charge >= 0.3 is 0 Å². The lowest BCUT2D eigenvalue weighted by Gasteiger charge is -2.25. The lowest BCUT2D eigenvalue weighted by Crippen LogP contribution is -2.41. The molecule has 132 valence electrons. The van der Waals surface area contributed by atoms with E-state index in [9.17, 15) is 8.42 Å². The fraction of sp³-hybridized carbons (Fsp3) is 0.278. The van der Waals surface area contributed by atoms with Gasteiger partial charge in [-0.2, -0.15) is 0 Å². The molecule has 0 saturated carbocycles. The van der Waals surface area contributed by atoms with Crippen molar-refractivity contribution in [3.63, 3.8) is 0 Å². The van der Waals surface area contributed by atoms with Gasteiger partial charge in [0.25, 0.3) is 10.0 Å². The Labute approximate surface area is 158 Å². The van der Waals surface area contributed by atoms with E-state index in [1.165, 1.54) is 16.1 Å². The summed E-state index contributed by atoms with van der Waals surface area (Å²) in [6.45, 7) is 2.69. The Hall–Kier alpha value is -1.41. The van der Waals surface area contributed by atoms with Gasteiger partial charge < -0.3 is 4.74 Å². The Balaban J connectivity index is 1.72. The van der Waals surface area contributed by atoms with Gasteiger partial charge in [-0.05, 0) is 24.6 Å². The topological polar surface area (TPSA) is 46.6 Å². The Kier molecular flexibility index (Phi) is 5.78. The summed E-state index contributed by atoms with van der Waals surface area (Å²) in [5, 5.41) is 0. The van der Waals surface area contributed by atoms with Crippen molar-refractivity contribution in [2.75, 3.05) is 12.4 Å². The first-order valence-corrected chi connectivity index (χ1v) is 10.7. The third-order valence-electron chi connectivity index (χ3n) is 3.91. The fourth-order valence-electron chi connectivity index (χ4n) is 2.57. The molecule has 7 heteroatoms. The first kappa shape index (κ1) is 18.4. The van der Waals surface area contributed by atoms with E-state index in [4.69, 9.17) is 17.0 Å². The molecule has 1 saturated heterocycles. The zero-order valence-electron chi connectivity index (χ0n) is 13.8. The zero-order chi connectivity index (χ0) is 17.9. The largest absolute Gasteiger partial charge is 0.375 e. The van der Waals surface area contributed by atoms with Crippen LogP contribution in [-0.4, -0.2) is 35.4 Å². The predicted molar refractivity (Wildman–Crippen MR) is 105 cm³/mol. The molecule has 1 atom stereocenters. The zero-order valence-corrected chi connectivity index (χ0v) is 16.2. The first-order chi connectivity index (χ1) is 12.0. The molecule has 1 heterocycles. The number of benzene rings is 2. The highest BCUT2D eigenvalue weighted by Gasteiger charge is 2.38. The maximum absolute atomic E-state index is 13.0. The highest BCUT2D eigenvalue weighted by molar-refractivity contribution is 8.24. The van der Waals surface area contributed by atoms with E-state index >= 15 is 0 Å². The molecule has 4 nitrogen and oxygen atoms in total. The summed E-state index contributed by atoms with van der Waals surface area (Å²) in [7, 11) is -3.66. The maximum Gasteiger partial charge on any atom is 0.265 e. The van der Waals surface area contributed by atoms with E-state index in [1.807, 2.05) is 37.3 Å². The van der Waals surface area contributed by atoms with Crippen LogP contribution in [0, 0.1) is 6.92 Å². The summed E-state index contributed by atoms with van der Waals surface area (Å²) in [5.41, 5.74) is 2.07. The molecule has 0 spiro atoms. The monoisotopic (exact) mass is 393 g/mol. The average Bonchev–Trinajstić information content (AvgIpc) is 2.98. The second-order valence-electron chi connectivity index (χ2n) is 5.85. The lowest BCUT2D eigenvalue weighted by atomic mass is 10.2. The highest BCUT2D eigenvalue weighted by Crippen LogP contribution is 2.31. The van der Waals surface area contributed by atoms with Crippen molar-refractivity contribution in [1.29, 1.82) is 0 Å². The molecule has 3 rings (SSSR count). The van der Waals surface area contributed by atoms with Crippen LogP contribution < -0.4 is 0 Å². The van der Waals surface area contributed by atoms with Gasteiger partial charge in [-0.15, -0.1) is 0 Å². The normalized spacial score (nSPS) is 17.9. The van der Waals surface area contributed by atoms with Crippen LogP contribution >= 0.6 is 24.0 Å². The molecule has 2 aromatic rings. The van der Waals surface area contributed by atoms with Crippen molar-refractivity contribution < 1.29 is 13.2 Å². The number of thiocarbonyl (C=S) groups is 1. The molecule has 1 aliphatic rings.